The molecule has 0 radical (unpaired) electrons. The second-order valence-corrected chi connectivity index (χ2v) is 7.35. The molecule has 1 aliphatic carbocycles. The van der Waals surface area contributed by atoms with Gasteiger partial charge in [0.05, 0.1) is 5.97 Å². The van der Waals surface area contributed by atoms with Gasteiger partial charge in [-0.2, -0.15) is 0 Å². The normalized spacial score (nSPS) is 16.7. The highest BCUT2D eigenvalue weighted by atomic mass is 35.5. The van der Waals surface area contributed by atoms with E-state index in [2.05, 4.69) is 12.2 Å². The smallest absolute Gasteiger partial charge is 0.256 e. The number of amides is 1. The summed E-state index contributed by atoms with van der Waals surface area (Å²) in [6.45, 7) is 2.15. The lowest BCUT2D eigenvalue weighted by Gasteiger charge is -2.19. The van der Waals surface area contributed by atoms with E-state index in [9.17, 15) is 14.7 Å². The molecule has 0 aliphatic heterocycles. The first kappa shape index (κ1) is 16.0. The average molecular weight is 349 g/mol. The van der Waals surface area contributed by atoms with Crippen LogP contribution in [0.1, 0.15) is 44.5 Å². The fourth-order valence-electron chi connectivity index (χ4n) is 2.83. The lowest BCUT2D eigenvalue weighted by atomic mass is 9.88. The van der Waals surface area contributed by atoms with E-state index in [1.807, 2.05) is 0 Å². The molecule has 1 amide bonds. The number of carbonyl (C=O) groups excluding carboxylic acids is 2. The number of hydrogen-bond acceptors (Lipinski definition) is 4. The number of rotatable bonds is 3. The maximum atomic E-state index is 12.3. The largest absolute Gasteiger partial charge is 0.545 e. The summed E-state index contributed by atoms with van der Waals surface area (Å²) in [6.07, 6.45) is 2.51. The number of carbonyl (C=O) groups is 2. The van der Waals surface area contributed by atoms with Crippen molar-refractivity contribution in [3.8, 4) is 0 Å². The lowest BCUT2D eigenvalue weighted by Crippen LogP contribution is -2.26. The molecule has 0 fully saturated rings. The Morgan fingerprint density at radius 3 is 2.65 bits per heavy atom. The molecule has 0 spiro atoms. The highest BCUT2D eigenvalue weighted by molar-refractivity contribution is 7.17. The highest BCUT2D eigenvalue weighted by Crippen LogP contribution is 2.39. The van der Waals surface area contributed by atoms with Crippen LogP contribution in [0.15, 0.2) is 24.3 Å². The first-order valence-corrected chi connectivity index (χ1v) is 8.58. The van der Waals surface area contributed by atoms with E-state index in [1.165, 1.54) is 11.3 Å². The van der Waals surface area contributed by atoms with Crippen LogP contribution >= 0.6 is 22.9 Å². The summed E-state index contributed by atoms with van der Waals surface area (Å²) in [5, 5.41) is 15.1. The van der Waals surface area contributed by atoms with Crippen molar-refractivity contribution >= 4 is 39.8 Å². The Labute approximate surface area is 143 Å². The molecular formula is C17H15ClNO3S-. The Bertz CT molecular complexity index is 767. The molecule has 4 nitrogen and oxygen atoms in total. The number of thiophene rings is 1. The Morgan fingerprint density at radius 2 is 2.00 bits per heavy atom. The van der Waals surface area contributed by atoms with Crippen LogP contribution in [-0.4, -0.2) is 11.9 Å². The third-order valence-corrected chi connectivity index (χ3v) is 5.47. The molecule has 1 N–H and O–H groups in total. The van der Waals surface area contributed by atoms with E-state index in [-0.39, 0.29) is 11.5 Å². The van der Waals surface area contributed by atoms with Gasteiger partial charge < -0.3 is 15.2 Å². The molecular weight excluding hydrogens is 334 g/mol. The van der Waals surface area contributed by atoms with Gasteiger partial charge in [0.2, 0.25) is 0 Å². The number of nitrogens with one attached hydrogen (secondary N) is 1. The van der Waals surface area contributed by atoms with Gasteiger partial charge in [-0.05, 0) is 55.0 Å². The molecule has 1 aromatic carbocycles. The van der Waals surface area contributed by atoms with E-state index < -0.39 is 5.97 Å². The topological polar surface area (TPSA) is 69.2 Å². The quantitative estimate of drug-likeness (QED) is 0.926. The first-order valence-electron chi connectivity index (χ1n) is 7.38. The van der Waals surface area contributed by atoms with Crippen molar-refractivity contribution in [2.45, 2.75) is 26.2 Å². The summed E-state index contributed by atoms with van der Waals surface area (Å²) >= 11 is 7.15. The van der Waals surface area contributed by atoms with E-state index in [0.29, 0.717) is 27.9 Å². The van der Waals surface area contributed by atoms with Crippen molar-refractivity contribution in [2.75, 3.05) is 5.32 Å². The highest BCUT2D eigenvalue weighted by Gasteiger charge is 2.25. The van der Waals surface area contributed by atoms with Gasteiger partial charge in [-0.1, -0.05) is 18.5 Å². The van der Waals surface area contributed by atoms with Gasteiger partial charge in [0.15, 0.2) is 0 Å². The Morgan fingerprint density at radius 1 is 1.30 bits per heavy atom. The fraction of sp³-hybridized carbons (Fsp3) is 0.294. The molecule has 1 heterocycles. The molecule has 0 unspecified atom stereocenters. The van der Waals surface area contributed by atoms with E-state index >= 15 is 0 Å². The third kappa shape index (κ3) is 3.26. The van der Waals surface area contributed by atoms with E-state index in [1.54, 1.807) is 24.3 Å². The van der Waals surface area contributed by atoms with Gasteiger partial charge in [0, 0.05) is 21.0 Å². The zero-order chi connectivity index (χ0) is 16.6. The zero-order valence-electron chi connectivity index (χ0n) is 12.5. The molecule has 2 aromatic rings. The Hall–Kier alpha value is -1.85. The van der Waals surface area contributed by atoms with Crippen molar-refractivity contribution in [1.29, 1.82) is 0 Å². The van der Waals surface area contributed by atoms with Crippen LogP contribution < -0.4 is 10.4 Å². The number of aromatic carboxylic acids is 1. The summed E-state index contributed by atoms with van der Waals surface area (Å²) < 4.78 is 0. The minimum atomic E-state index is -1.23. The molecule has 6 heteroatoms. The van der Waals surface area contributed by atoms with Gasteiger partial charge in [-0.3, -0.25) is 4.79 Å². The van der Waals surface area contributed by atoms with Crippen LogP contribution in [0.2, 0.25) is 5.02 Å². The van der Waals surface area contributed by atoms with Gasteiger partial charge in [0.1, 0.15) is 5.00 Å². The second-order valence-electron chi connectivity index (χ2n) is 5.80. The third-order valence-electron chi connectivity index (χ3n) is 4.05. The molecule has 1 atom stereocenters. The van der Waals surface area contributed by atoms with Crippen LogP contribution in [0.25, 0.3) is 0 Å². The van der Waals surface area contributed by atoms with Crippen LogP contribution in [-0.2, 0) is 12.8 Å². The number of halogens is 1. The Balaban J connectivity index is 1.92. The SMILES string of the molecule is C[C@@H]1CCc2c(sc(NC(=O)c3ccc(Cl)cc3)c2C(=O)[O-])C1. The minimum absolute atomic E-state index is 0.138. The number of anilines is 1. The van der Waals surface area contributed by atoms with Gasteiger partial charge in [-0.15, -0.1) is 11.3 Å². The molecule has 3 rings (SSSR count). The van der Waals surface area contributed by atoms with Crippen molar-refractivity contribution in [1.82, 2.24) is 0 Å². The zero-order valence-corrected chi connectivity index (χ0v) is 14.1. The van der Waals surface area contributed by atoms with E-state index in [4.69, 9.17) is 11.6 Å². The molecule has 0 bridgehead atoms. The van der Waals surface area contributed by atoms with Crippen molar-refractivity contribution < 1.29 is 14.7 Å². The summed E-state index contributed by atoms with van der Waals surface area (Å²) in [7, 11) is 0. The summed E-state index contributed by atoms with van der Waals surface area (Å²) in [5.74, 6) is -1.06. The number of carboxylic acid groups (broad SMARTS) is 1. The van der Waals surface area contributed by atoms with Crippen LogP contribution in [0.3, 0.4) is 0 Å². The van der Waals surface area contributed by atoms with Crippen LogP contribution in [0.5, 0.6) is 0 Å². The molecule has 23 heavy (non-hydrogen) atoms. The monoisotopic (exact) mass is 348 g/mol. The number of fused-ring (bicyclic) bond motifs is 1. The van der Waals surface area contributed by atoms with Crippen molar-refractivity contribution in [3.05, 3.63) is 50.9 Å². The van der Waals surface area contributed by atoms with Crippen molar-refractivity contribution in [3.63, 3.8) is 0 Å². The van der Waals surface area contributed by atoms with Gasteiger partial charge in [-0.25, -0.2) is 0 Å². The number of benzene rings is 1. The maximum Gasteiger partial charge on any atom is 0.256 e. The number of carboxylic acids is 1. The lowest BCUT2D eigenvalue weighted by molar-refractivity contribution is -0.254. The van der Waals surface area contributed by atoms with Crippen molar-refractivity contribution in [2.24, 2.45) is 5.92 Å². The van der Waals surface area contributed by atoms with Crippen LogP contribution in [0.4, 0.5) is 5.00 Å². The van der Waals surface area contributed by atoms with Gasteiger partial charge >= 0.3 is 0 Å². The second kappa shape index (κ2) is 6.34. The van der Waals surface area contributed by atoms with E-state index in [0.717, 1.165) is 23.3 Å². The fourth-order valence-corrected chi connectivity index (χ4v) is 4.35. The first-order chi connectivity index (χ1) is 11.0. The summed E-state index contributed by atoms with van der Waals surface area (Å²) in [5.41, 5.74) is 1.39. The molecule has 120 valence electrons. The average Bonchev–Trinajstić information content (AvgIpc) is 2.84. The molecule has 0 saturated carbocycles. The summed E-state index contributed by atoms with van der Waals surface area (Å²) in [6, 6.07) is 6.45. The van der Waals surface area contributed by atoms with Gasteiger partial charge in [0.25, 0.3) is 5.91 Å². The minimum Gasteiger partial charge on any atom is -0.545 e. The molecule has 1 aromatic heterocycles. The maximum absolute atomic E-state index is 12.3. The Kier molecular flexibility index (Phi) is 4.41. The predicted molar refractivity (Wildman–Crippen MR) is 89.2 cm³/mol. The molecule has 0 saturated heterocycles. The molecule has 1 aliphatic rings. The summed E-state index contributed by atoms with van der Waals surface area (Å²) in [4.78, 5) is 24.9. The standard InChI is InChI=1S/C17H16ClNO3S/c1-9-2-7-12-13(8-9)23-16(14(12)17(21)22)19-15(20)10-3-5-11(18)6-4-10/h3-6,9H,2,7-8H2,1H3,(H,19,20)(H,21,22)/p-1/t9-/m1/s1. The predicted octanol–water partition coefficient (Wildman–Crippen LogP) is 3.14. The van der Waals surface area contributed by atoms with Crippen LogP contribution in [0, 0.1) is 5.92 Å². The number of hydrogen-bond donors (Lipinski definition) is 1.